The van der Waals surface area contributed by atoms with Crippen molar-refractivity contribution < 1.29 is 14.7 Å². The molecule has 2 aliphatic rings. The molecule has 0 bridgehead atoms. The molecule has 3 aromatic rings. The van der Waals surface area contributed by atoms with Crippen LogP contribution in [0.1, 0.15) is 54.8 Å². The number of carbonyl (C=O) groups is 2. The molecule has 5 rings (SSSR count). The maximum Gasteiger partial charge on any atom is 0.279 e. The van der Waals surface area contributed by atoms with E-state index in [4.69, 9.17) is 0 Å². The fraction of sp³-hybridized carbons (Fsp3) is 0.333. The van der Waals surface area contributed by atoms with Gasteiger partial charge in [-0.15, -0.1) is 0 Å². The van der Waals surface area contributed by atoms with E-state index in [1.165, 1.54) is 17.4 Å². The zero-order valence-electron chi connectivity index (χ0n) is 21.8. The van der Waals surface area contributed by atoms with Crippen LogP contribution in [0.5, 0.6) is 0 Å². The van der Waals surface area contributed by atoms with Gasteiger partial charge >= 0.3 is 0 Å². The van der Waals surface area contributed by atoms with Gasteiger partial charge in [0.25, 0.3) is 5.91 Å². The van der Waals surface area contributed by atoms with Crippen LogP contribution in [0.2, 0.25) is 0 Å². The smallest absolute Gasteiger partial charge is 0.279 e. The van der Waals surface area contributed by atoms with E-state index in [0.29, 0.717) is 17.7 Å². The van der Waals surface area contributed by atoms with Crippen LogP contribution < -0.4 is 10.2 Å². The number of rotatable bonds is 6. The van der Waals surface area contributed by atoms with Crippen molar-refractivity contribution in [3.05, 3.63) is 102 Å². The number of aromatic nitrogens is 3. The van der Waals surface area contributed by atoms with Crippen molar-refractivity contribution in [2.75, 3.05) is 4.90 Å². The fourth-order valence-corrected chi connectivity index (χ4v) is 5.37. The first-order chi connectivity index (χ1) is 18.2. The van der Waals surface area contributed by atoms with Crippen LogP contribution >= 0.6 is 0 Å². The van der Waals surface area contributed by atoms with E-state index < -0.39 is 30.0 Å². The largest absolute Gasteiger partial charge is 0.391 e. The monoisotopic (exact) mass is 511 g/mol. The first kappa shape index (κ1) is 25.6. The Hall–Kier alpha value is -4.04. The van der Waals surface area contributed by atoms with E-state index in [0.717, 1.165) is 5.56 Å². The number of pyridine rings is 1. The molecule has 2 heterocycles. The van der Waals surface area contributed by atoms with Crippen molar-refractivity contribution in [3.8, 4) is 0 Å². The average molecular weight is 512 g/mol. The van der Waals surface area contributed by atoms with Crippen molar-refractivity contribution in [3.63, 3.8) is 0 Å². The molecule has 0 saturated heterocycles. The second kappa shape index (κ2) is 10.4. The van der Waals surface area contributed by atoms with E-state index in [1.54, 1.807) is 24.5 Å². The standard InChI is InChI=1S/C30H33N5O3/c1-30(2,3)21-10-12-22(13-11-21)35(29(38)24-17-32-18-33-24)27(20-8-6-14-31-16-20)28(37)34-26-23-9-5-4-7-19(23)15-25(26)36/h4-14,16-19,23,25-27,36H,15H2,1-3H3,(H,32,33)(H,34,37)/t19?,23?,25-,26+,27?/m1/s1. The Labute approximate surface area is 222 Å². The molecular weight excluding hydrogens is 478 g/mol. The number of allylic oxidation sites excluding steroid dienone is 3. The van der Waals surface area contributed by atoms with Gasteiger partial charge in [-0.3, -0.25) is 19.5 Å². The number of hydrogen-bond acceptors (Lipinski definition) is 5. The van der Waals surface area contributed by atoms with Gasteiger partial charge < -0.3 is 15.4 Å². The molecule has 8 nitrogen and oxygen atoms in total. The van der Waals surface area contributed by atoms with E-state index in [-0.39, 0.29) is 22.9 Å². The Balaban J connectivity index is 1.56. The zero-order chi connectivity index (χ0) is 26.9. The minimum atomic E-state index is -1.04. The summed E-state index contributed by atoms with van der Waals surface area (Å²) in [7, 11) is 0. The Bertz CT molecular complexity index is 1330. The summed E-state index contributed by atoms with van der Waals surface area (Å²) >= 11 is 0. The predicted molar refractivity (Wildman–Crippen MR) is 145 cm³/mol. The van der Waals surface area contributed by atoms with Gasteiger partial charge in [-0.1, -0.05) is 63.3 Å². The summed E-state index contributed by atoms with van der Waals surface area (Å²) in [5.41, 5.74) is 2.32. The minimum Gasteiger partial charge on any atom is -0.391 e. The van der Waals surface area contributed by atoms with Gasteiger partial charge in [-0.25, -0.2) is 4.98 Å². The molecule has 2 aromatic heterocycles. The van der Waals surface area contributed by atoms with Gasteiger partial charge in [0.2, 0.25) is 5.91 Å². The molecule has 38 heavy (non-hydrogen) atoms. The topological polar surface area (TPSA) is 111 Å². The summed E-state index contributed by atoms with van der Waals surface area (Å²) < 4.78 is 0. The molecule has 0 aliphatic heterocycles. The third-order valence-electron chi connectivity index (χ3n) is 7.40. The van der Waals surface area contributed by atoms with E-state index in [9.17, 15) is 14.7 Å². The number of nitrogens with zero attached hydrogens (tertiary/aromatic N) is 3. The lowest BCUT2D eigenvalue weighted by molar-refractivity contribution is -0.124. The molecule has 0 radical (unpaired) electrons. The molecule has 3 N–H and O–H groups in total. The number of nitrogens with one attached hydrogen (secondary N) is 2. The molecule has 1 fully saturated rings. The van der Waals surface area contributed by atoms with Crippen molar-refractivity contribution >= 4 is 17.5 Å². The minimum absolute atomic E-state index is 0.0185. The lowest BCUT2D eigenvalue weighted by Gasteiger charge is -2.33. The third kappa shape index (κ3) is 5.04. The summed E-state index contributed by atoms with van der Waals surface area (Å²) in [6.07, 6.45) is 14.1. The van der Waals surface area contributed by atoms with Crippen LogP contribution in [0.15, 0.2) is 85.6 Å². The first-order valence-electron chi connectivity index (χ1n) is 12.9. The molecule has 3 unspecified atom stereocenters. The summed E-state index contributed by atoms with van der Waals surface area (Å²) in [4.78, 5) is 40.7. The Morgan fingerprint density at radius 1 is 1.13 bits per heavy atom. The van der Waals surface area contributed by atoms with E-state index in [1.807, 2.05) is 42.5 Å². The summed E-state index contributed by atoms with van der Waals surface area (Å²) in [6.45, 7) is 6.36. The highest BCUT2D eigenvalue weighted by Gasteiger charge is 2.43. The average Bonchev–Trinajstić information content (AvgIpc) is 3.55. The van der Waals surface area contributed by atoms with Crippen LogP contribution in [-0.4, -0.2) is 44.0 Å². The molecule has 1 saturated carbocycles. The SMILES string of the molecule is CC(C)(C)c1ccc(N(C(=O)c2c[nH]cn2)C(C(=O)N[C@H]2C3C=CC=CC3C[C@H]2O)c2cccnc2)cc1. The van der Waals surface area contributed by atoms with E-state index in [2.05, 4.69) is 47.1 Å². The highest BCUT2D eigenvalue weighted by molar-refractivity contribution is 6.09. The van der Waals surface area contributed by atoms with Gasteiger partial charge in [0, 0.05) is 35.8 Å². The zero-order valence-corrected chi connectivity index (χ0v) is 21.8. The number of H-pyrrole nitrogens is 1. The summed E-state index contributed by atoms with van der Waals surface area (Å²) in [5, 5.41) is 13.9. The number of imidazole rings is 1. The second-order valence-corrected chi connectivity index (χ2v) is 11.0. The molecule has 2 aliphatic carbocycles. The van der Waals surface area contributed by atoms with Crippen LogP contribution in [-0.2, 0) is 10.2 Å². The number of aliphatic hydroxyl groups excluding tert-OH is 1. The lowest BCUT2D eigenvalue weighted by atomic mass is 9.87. The number of fused-ring (bicyclic) bond motifs is 1. The van der Waals surface area contributed by atoms with Crippen LogP contribution in [0.3, 0.4) is 0 Å². The van der Waals surface area contributed by atoms with E-state index >= 15 is 0 Å². The number of carbonyl (C=O) groups excluding carboxylic acids is 2. The number of anilines is 1. The number of aliphatic hydroxyl groups is 1. The van der Waals surface area contributed by atoms with Crippen molar-refractivity contribution in [2.45, 2.75) is 50.8 Å². The number of hydrogen-bond donors (Lipinski definition) is 3. The van der Waals surface area contributed by atoms with Crippen molar-refractivity contribution in [2.24, 2.45) is 11.8 Å². The fourth-order valence-electron chi connectivity index (χ4n) is 5.37. The van der Waals surface area contributed by atoms with Gasteiger partial charge in [0.05, 0.1) is 18.5 Å². The Morgan fingerprint density at radius 2 is 1.89 bits per heavy atom. The van der Waals surface area contributed by atoms with Gasteiger partial charge in [0.1, 0.15) is 11.7 Å². The van der Waals surface area contributed by atoms with Crippen LogP contribution in [0, 0.1) is 11.8 Å². The number of aromatic amines is 1. The lowest BCUT2D eigenvalue weighted by Crippen LogP contribution is -2.50. The molecule has 8 heteroatoms. The predicted octanol–water partition coefficient (Wildman–Crippen LogP) is 4.10. The van der Waals surface area contributed by atoms with Crippen LogP contribution in [0.4, 0.5) is 5.69 Å². The van der Waals surface area contributed by atoms with Gasteiger partial charge in [0.15, 0.2) is 0 Å². The molecule has 0 spiro atoms. The first-order valence-corrected chi connectivity index (χ1v) is 12.9. The van der Waals surface area contributed by atoms with Gasteiger partial charge in [-0.05, 0) is 41.5 Å². The Kier molecular flexibility index (Phi) is 6.99. The third-order valence-corrected chi connectivity index (χ3v) is 7.40. The quantitative estimate of drug-likeness (QED) is 0.462. The number of amides is 2. The van der Waals surface area contributed by atoms with Crippen molar-refractivity contribution in [1.82, 2.24) is 20.3 Å². The molecule has 5 atom stereocenters. The normalized spacial score (nSPS) is 23.1. The van der Waals surface area contributed by atoms with Crippen molar-refractivity contribution in [1.29, 1.82) is 0 Å². The van der Waals surface area contributed by atoms with Crippen LogP contribution in [0.25, 0.3) is 0 Å². The summed E-state index contributed by atoms with van der Waals surface area (Å²) in [5.74, 6) is -0.683. The number of benzene rings is 1. The summed E-state index contributed by atoms with van der Waals surface area (Å²) in [6, 6.07) is 9.67. The second-order valence-electron chi connectivity index (χ2n) is 11.0. The maximum absolute atomic E-state index is 14.1. The highest BCUT2D eigenvalue weighted by Crippen LogP contribution is 2.38. The molecule has 1 aromatic carbocycles. The maximum atomic E-state index is 14.1. The highest BCUT2D eigenvalue weighted by atomic mass is 16.3. The molecule has 2 amide bonds. The van der Waals surface area contributed by atoms with Gasteiger partial charge in [-0.2, -0.15) is 0 Å². The molecule has 196 valence electrons. The molecular formula is C30H33N5O3. The Morgan fingerprint density at radius 3 is 2.55 bits per heavy atom.